The highest BCUT2D eigenvalue weighted by Gasteiger charge is 2.30. The van der Waals surface area contributed by atoms with Crippen molar-refractivity contribution in [2.75, 3.05) is 32.1 Å². The van der Waals surface area contributed by atoms with E-state index in [9.17, 15) is 18.0 Å². The average Bonchev–Trinajstić information content (AvgIpc) is 2.70. The molecular weight excluding hydrogens is 429 g/mol. The van der Waals surface area contributed by atoms with Crippen LogP contribution < -0.4 is 4.74 Å². The summed E-state index contributed by atoms with van der Waals surface area (Å²) in [5.41, 5.74) is -0.709. The van der Waals surface area contributed by atoms with E-state index in [1.807, 2.05) is 0 Å². The molecule has 0 aliphatic carbocycles. The molecule has 1 aliphatic heterocycles. The summed E-state index contributed by atoms with van der Waals surface area (Å²) in [4.78, 5) is 18.7. The van der Waals surface area contributed by atoms with E-state index in [-0.39, 0.29) is 24.4 Å². The van der Waals surface area contributed by atoms with Crippen molar-refractivity contribution in [3.8, 4) is 5.75 Å². The third-order valence-corrected chi connectivity index (χ3v) is 5.35. The molecule has 1 aliphatic rings. The lowest BCUT2D eigenvalue weighted by Gasteiger charge is -2.32. The van der Waals surface area contributed by atoms with Gasteiger partial charge in [0.1, 0.15) is 18.5 Å². The van der Waals surface area contributed by atoms with Gasteiger partial charge in [0.15, 0.2) is 0 Å². The Morgan fingerprint density at radius 3 is 2.76 bits per heavy atom. The van der Waals surface area contributed by atoms with E-state index in [1.54, 1.807) is 17.2 Å². The Morgan fingerprint density at radius 1 is 1.31 bits per heavy atom. The number of rotatable bonds is 6. The molecular formula is C19H18ClF3N2O3S. The molecule has 0 saturated carbocycles. The molecule has 1 aromatic heterocycles. The minimum Gasteiger partial charge on any atom is -0.489 e. The number of carbonyl (C=O) groups excluding carboxylic acids is 1. The Hall–Kier alpha value is -1.97. The van der Waals surface area contributed by atoms with Crippen LogP contribution in [0.3, 0.4) is 0 Å². The van der Waals surface area contributed by atoms with Crippen LogP contribution in [0.4, 0.5) is 13.2 Å². The Balaban J connectivity index is 1.46. The van der Waals surface area contributed by atoms with Crippen molar-refractivity contribution in [1.29, 1.82) is 0 Å². The zero-order chi connectivity index (χ0) is 20.9. The maximum Gasteiger partial charge on any atom is 0.416 e. The van der Waals surface area contributed by atoms with Gasteiger partial charge in [0.2, 0.25) is 5.91 Å². The summed E-state index contributed by atoms with van der Waals surface area (Å²) in [6, 6.07) is 6.41. The second-order valence-electron chi connectivity index (χ2n) is 6.29. The van der Waals surface area contributed by atoms with E-state index in [2.05, 4.69) is 4.98 Å². The number of alkyl halides is 3. The van der Waals surface area contributed by atoms with Crippen molar-refractivity contribution < 1.29 is 27.4 Å². The van der Waals surface area contributed by atoms with E-state index in [1.165, 1.54) is 30.1 Å². The van der Waals surface area contributed by atoms with Gasteiger partial charge < -0.3 is 14.4 Å². The van der Waals surface area contributed by atoms with E-state index in [0.29, 0.717) is 35.4 Å². The Morgan fingerprint density at radius 2 is 2.07 bits per heavy atom. The first kappa shape index (κ1) is 21.7. The number of morpholine rings is 1. The number of halogens is 4. The number of thioether (sulfide) groups is 1. The van der Waals surface area contributed by atoms with Crippen molar-refractivity contribution >= 4 is 29.3 Å². The fourth-order valence-electron chi connectivity index (χ4n) is 2.68. The van der Waals surface area contributed by atoms with Gasteiger partial charge in [-0.25, -0.2) is 0 Å². The Kier molecular flexibility index (Phi) is 7.26. The Bertz CT molecular complexity index is 836. The van der Waals surface area contributed by atoms with Crippen LogP contribution in [0.25, 0.3) is 0 Å². The number of ether oxygens (including phenoxy) is 2. The lowest BCUT2D eigenvalue weighted by Crippen LogP contribution is -2.48. The summed E-state index contributed by atoms with van der Waals surface area (Å²) in [6.07, 6.45) is -1.62. The molecule has 1 aromatic carbocycles. The molecule has 2 aromatic rings. The highest BCUT2D eigenvalue weighted by atomic mass is 35.5. The monoisotopic (exact) mass is 446 g/mol. The summed E-state index contributed by atoms with van der Waals surface area (Å²) in [5, 5.41) is 0.462. The maximum absolute atomic E-state index is 12.6. The van der Waals surface area contributed by atoms with E-state index in [4.69, 9.17) is 21.1 Å². The third kappa shape index (κ3) is 6.52. The van der Waals surface area contributed by atoms with Crippen LogP contribution in [0.2, 0.25) is 5.02 Å². The fraction of sp³-hybridized carbons (Fsp3) is 0.368. The molecule has 1 unspecified atom stereocenters. The van der Waals surface area contributed by atoms with Crippen molar-refractivity contribution in [2.45, 2.75) is 17.2 Å². The van der Waals surface area contributed by atoms with E-state index in [0.717, 1.165) is 12.1 Å². The van der Waals surface area contributed by atoms with Gasteiger partial charge >= 0.3 is 6.18 Å². The normalized spacial score (nSPS) is 17.2. The molecule has 1 fully saturated rings. The molecule has 1 atom stereocenters. The number of pyridine rings is 1. The molecule has 1 amide bonds. The molecule has 0 spiro atoms. The molecule has 1 saturated heterocycles. The zero-order valence-corrected chi connectivity index (χ0v) is 16.8. The summed E-state index contributed by atoms with van der Waals surface area (Å²) >= 11 is 7.06. The molecule has 3 rings (SSSR count). The van der Waals surface area contributed by atoms with Gasteiger partial charge in [0.25, 0.3) is 0 Å². The van der Waals surface area contributed by atoms with Crippen molar-refractivity contribution in [3.63, 3.8) is 0 Å². The van der Waals surface area contributed by atoms with E-state index < -0.39 is 11.7 Å². The van der Waals surface area contributed by atoms with Gasteiger partial charge in [0, 0.05) is 23.7 Å². The van der Waals surface area contributed by atoms with Crippen molar-refractivity contribution in [3.05, 3.63) is 53.3 Å². The molecule has 0 N–H and O–H groups in total. The minimum atomic E-state index is -4.37. The number of benzene rings is 1. The molecule has 2 heterocycles. The highest BCUT2D eigenvalue weighted by Crippen LogP contribution is 2.30. The van der Waals surface area contributed by atoms with Gasteiger partial charge in [-0.3, -0.25) is 9.78 Å². The smallest absolute Gasteiger partial charge is 0.416 e. The van der Waals surface area contributed by atoms with Crippen LogP contribution in [-0.2, 0) is 15.7 Å². The van der Waals surface area contributed by atoms with Crippen LogP contribution in [-0.4, -0.2) is 54.0 Å². The molecule has 29 heavy (non-hydrogen) atoms. The molecule has 156 valence electrons. The number of hydrogen-bond acceptors (Lipinski definition) is 5. The first-order valence-electron chi connectivity index (χ1n) is 8.74. The molecule has 10 heteroatoms. The number of nitrogens with zero attached hydrogens (tertiary/aromatic N) is 2. The second kappa shape index (κ2) is 9.69. The molecule has 0 bridgehead atoms. The van der Waals surface area contributed by atoms with E-state index >= 15 is 0 Å². The van der Waals surface area contributed by atoms with Gasteiger partial charge in [-0.2, -0.15) is 13.2 Å². The lowest BCUT2D eigenvalue weighted by atomic mass is 10.2. The van der Waals surface area contributed by atoms with Crippen LogP contribution >= 0.6 is 23.4 Å². The Labute approximate surface area is 175 Å². The van der Waals surface area contributed by atoms with Gasteiger partial charge in [-0.15, -0.1) is 11.8 Å². The SMILES string of the molecule is O=C(CSc1ccc(C(F)(F)F)cc1)N1CCOC(COc2cncc(Cl)c2)C1. The summed E-state index contributed by atoms with van der Waals surface area (Å²) in [5.74, 6) is 0.548. The van der Waals surface area contributed by atoms with Crippen LogP contribution in [0.5, 0.6) is 5.75 Å². The van der Waals surface area contributed by atoms with Crippen LogP contribution in [0.1, 0.15) is 5.56 Å². The number of amides is 1. The average molecular weight is 447 g/mol. The van der Waals surface area contributed by atoms with Gasteiger partial charge in [-0.05, 0) is 24.3 Å². The zero-order valence-electron chi connectivity index (χ0n) is 15.2. The summed E-state index contributed by atoms with van der Waals surface area (Å²) < 4.78 is 49.1. The predicted molar refractivity (Wildman–Crippen MR) is 103 cm³/mol. The second-order valence-corrected chi connectivity index (χ2v) is 7.78. The third-order valence-electron chi connectivity index (χ3n) is 4.15. The number of carbonyl (C=O) groups is 1. The van der Waals surface area contributed by atoms with Crippen LogP contribution in [0, 0.1) is 0 Å². The quantitative estimate of drug-likeness (QED) is 0.624. The fourth-order valence-corrected chi connectivity index (χ4v) is 3.65. The first-order valence-corrected chi connectivity index (χ1v) is 10.1. The maximum atomic E-state index is 12.6. The van der Waals surface area contributed by atoms with Crippen LogP contribution in [0.15, 0.2) is 47.6 Å². The number of aromatic nitrogens is 1. The lowest BCUT2D eigenvalue weighted by molar-refractivity contribution is -0.138. The molecule has 5 nitrogen and oxygen atoms in total. The topological polar surface area (TPSA) is 51.7 Å². The first-order chi connectivity index (χ1) is 13.8. The minimum absolute atomic E-state index is 0.104. The predicted octanol–water partition coefficient (Wildman–Crippen LogP) is 4.15. The van der Waals surface area contributed by atoms with Gasteiger partial charge in [-0.1, -0.05) is 11.6 Å². The largest absolute Gasteiger partial charge is 0.489 e. The summed E-state index contributed by atoms with van der Waals surface area (Å²) in [6.45, 7) is 1.47. The summed E-state index contributed by atoms with van der Waals surface area (Å²) in [7, 11) is 0. The number of hydrogen-bond donors (Lipinski definition) is 0. The molecule has 0 radical (unpaired) electrons. The van der Waals surface area contributed by atoms with Gasteiger partial charge in [0.05, 0.1) is 35.7 Å². The standard InChI is InChI=1S/C19H18ClF3N2O3S/c20-14-7-15(9-24-8-14)28-11-16-10-25(5-6-27-16)18(26)12-29-17-3-1-13(2-4-17)19(21,22)23/h1-4,7-9,16H,5-6,10-12H2. The van der Waals surface area contributed by atoms with Crippen molar-refractivity contribution in [2.24, 2.45) is 0 Å². The van der Waals surface area contributed by atoms with Crippen molar-refractivity contribution in [1.82, 2.24) is 9.88 Å². The highest BCUT2D eigenvalue weighted by molar-refractivity contribution is 8.00.